The molecule has 0 atom stereocenters. The molecule has 2 aromatic carbocycles. The predicted molar refractivity (Wildman–Crippen MR) is 103 cm³/mol. The van der Waals surface area contributed by atoms with Gasteiger partial charge in [0.2, 0.25) is 0 Å². The van der Waals surface area contributed by atoms with Crippen LogP contribution in [-0.4, -0.2) is 53.3 Å². The summed E-state index contributed by atoms with van der Waals surface area (Å²) in [5.74, 6) is 0.0768. The monoisotopic (exact) mass is 416 g/mol. The van der Waals surface area contributed by atoms with Crippen molar-refractivity contribution in [3.05, 3.63) is 48.4 Å². The Hall–Kier alpha value is -3.40. The minimum atomic E-state index is -3.61. The molecule has 1 N–H and O–H groups in total. The highest BCUT2D eigenvalue weighted by atomic mass is 19.3. The van der Waals surface area contributed by atoms with Crippen molar-refractivity contribution in [2.75, 3.05) is 31.5 Å². The lowest BCUT2D eigenvalue weighted by Gasteiger charge is -2.34. The Morgan fingerprint density at radius 3 is 2.70 bits per heavy atom. The van der Waals surface area contributed by atoms with E-state index in [-0.39, 0.29) is 17.5 Å². The maximum Gasteiger partial charge on any atom is 0.586 e. The maximum absolute atomic E-state index is 13.2. The van der Waals surface area contributed by atoms with Gasteiger partial charge in [-0.1, -0.05) is 6.07 Å². The zero-order chi connectivity index (χ0) is 20.7. The molecule has 1 fully saturated rings. The summed E-state index contributed by atoms with van der Waals surface area (Å²) in [6.45, 7) is 3.01. The quantitative estimate of drug-likeness (QED) is 0.704. The molecule has 0 spiro atoms. The lowest BCUT2D eigenvalue weighted by atomic mass is 10.1. The number of oxazole rings is 1. The van der Waals surface area contributed by atoms with Gasteiger partial charge in [-0.15, -0.1) is 8.78 Å². The van der Waals surface area contributed by atoms with E-state index in [0.717, 1.165) is 11.1 Å². The lowest BCUT2D eigenvalue weighted by Crippen LogP contribution is -2.49. The number of hydrogen-bond acceptors (Lipinski definition) is 6. The first kappa shape index (κ1) is 18.6. The van der Waals surface area contributed by atoms with E-state index in [1.165, 1.54) is 12.5 Å². The number of hydrogen-bond donors (Lipinski definition) is 1. The van der Waals surface area contributed by atoms with Gasteiger partial charge in [-0.3, -0.25) is 4.90 Å². The van der Waals surface area contributed by atoms with Crippen LogP contribution in [0.1, 0.15) is 5.56 Å². The summed E-state index contributed by atoms with van der Waals surface area (Å²) in [6.07, 6.45) is -2.25. The van der Waals surface area contributed by atoms with E-state index in [0.29, 0.717) is 44.0 Å². The molecule has 5 rings (SSSR count). The summed E-state index contributed by atoms with van der Waals surface area (Å²) in [5, 5.41) is 2.87. The average molecular weight is 416 g/mol. The van der Waals surface area contributed by atoms with Crippen LogP contribution < -0.4 is 14.8 Å². The molecule has 0 aliphatic carbocycles. The molecule has 0 radical (unpaired) electrons. The van der Waals surface area contributed by atoms with Crippen LogP contribution in [0.15, 0.2) is 47.2 Å². The van der Waals surface area contributed by atoms with E-state index >= 15 is 0 Å². The van der Waals surface area contributed by atoms with Crippen molar-refractivity contribution < 1.29 is 27.5 Å². The van der Waals surface area contributed by atoms with Crippen LogP contribution in [0, 0.1) is 0 Å². The van der Waals surface area contributed by atoms with Crippen molar-refractivity contribution in [2.24, 2.45) is 0 Å². The normalized spacial score (nSPS) is 18.0. The summed E-state index contributed by atoms with van der Waals surface area (Å²) in [6, 6.07) is 9.91. The van der Waals surface area contributed by atoms with Crippen molar-refractivity contribution in [1.29, 1.82) is 0 Å². The van der Waals surface area contributed by atoms with Crippen LogP contribution in [0.3, 0.4) is 0 Å². The number of halogens is 2. The van der Waals surface area contributed by atoms with Gasteiger partial charge in [0.25, 0.3) is 0 Å². The molecule has 10 heteroatoms. The van der Waals surface area contributed by atoms with Crippen molar-refractivity contribution in [2.45, 2.75) is 12.8 Å². The van der Waals surface area contributed by atoms with Crippen LogP contribution in [0.2, 0.25) is 0 Å². The first-order valence-electron chi connectivity index (χ1n) is 9.45. The van der Waals surface area contributed by atoms with Crippen LogP contribution in [-0.2, 0) is 6.54 Å². The van der Waals surface area contributed by atoms with E-state index < -0.39 is 6.29 Å². The topological polar surface area (TPSA) is 80.1 Å². The maximum atomic E-state index is 13.2. The van der Waals surface area contributed by atoms with E-state index in [9.17, 15) is 13.6 Å². The van der Waals surface area contributed by atoms with Gasteiger partial charge >= 0.3 is 12.3 Å². The second-order valence-corrected chi connectivity index (χ2v) is 7.18. The predicted octanol–water partition coefficient (Wildman–Crippen LogP) is 3.50. The standard InChI is InChI=1S/C20H18F2N4O4/c21-20(22)29-16-4-1-13(9-18(16)30-20)11-25-5-7-26(8-6-25)19(27)24-14-2-3-15-17(10-14)28-12-23-15/h1-4,9-10,12H,5-8,11H2,(H,24,27). The summed E-state index contributed by atoms with van der Waals surface area (Å²) in [4.78, 5) is 20.5. The van der Waals surface area contributed by atoms with Crippen molar-refractivity contribution in [3.8, 4) is 11.5 Å². The Bertz CT molecular complexity index is 1100. The number of urea groups is 1. The van der Waals surface area contributed by atoms with Crippen molar-refractivity contribution in [3.63, 3.8) is 0 Å². The third-order valence-electron chi connectivity index (χ3n) is 5.11. The van der Waals surface area contributed by atoms with Crippen molar-refractivity contribution in [1.82, 2.24) is 14.8 Å². The highest BCUT2D eigenvalue weighted by molar-refractivity contribution is 5.91. The van der Waals surface area contributed by atoms with Crippen molar-refractivity contribution >= 4 is 22.8 Å². The second kappa shape index (κ2) is 7.13. The van der Waals surface area contributed by atoms with E-state index in [1.807, 2.05) is 0 Å². The Labute approximate surface area is 170 Å². The number of alkyl halides is 2. The fraction of sp³-hybridized carbons (Fsp3) is 0.300. The molecule has 0 bridgehead atoms. The fourth-order valence-corrected chi connectivity index (χ4v) is 3.59. The Morgan fingerprint density at radius 1 is 1.07 bits per heavy atom. The van der Waals surface area contributed by atoms with Gasteiger partial charge in [0, 0.05) is 44.5 Å². The van der Waals surface area contributed by atoms with Crippen LogP contribution >= 0.6 is 0 Å². The number of nitrogens with zero attached hydrogens (tertiary/aromatic N) is 3. The minimum absolute atomic E-state index is 0.0359. The molecule has 30 heavy (non-hydrogen) atoms. The first-order valence-corrected chi connectivity index (χ1v) is 9.45. The third-order valence-corrected chi connectivity index (χ3v) is 5.11. The number of ether oxygens (including phenoxy) is 2. The number of rotatable bonds is 3. The number of anilines is 1. The fourth-order valence-electron chi connectivity index (χ4n) is 3.59. The summed E-state index contributed by atoms with van der Waals surface area (Å²) < 4.78 is 40.5. The third kappa shape index (κ3) is 3.73. The SMILES string of the molecule is O=C(Nc1ccc2ncoc2c1)N1CCN(Cc2ccc3c(c2)OC(F)(F)O3)CC1. The number of amides is 2. The zero-order valence-electron chi connectivity index (χ0n) is 15.8. The zero-order valence-corrected chi connectivity index (χ0v) is 15.8. The van der Waals surface area contributed by atoms with Gasteiger partial charge in [-0.2, -0.15) is 0 Å². The molecule has 156 valence electrons. The molecular weight excluding hydrogens is 398 g/mol. The van der Waals surface area contributed by atoms with Crippen LogP contribution in [0.5, 0.6) is 11.5 Å². The highest BCUT2D eigenvalue weighted by Crippen LogP contribution is 2.41. The first-order chi connectivity index (χ1) is 14.4. The molecule has 2 aliphatic rings. The molecular formula is C20H18F2N4O4. The highest BCUT2D eigenvalue weighted by Gasteiger charge is 2.43. The summed E-state index contributed by atoms with van der Waals surface area (Å²) in [7, 11) is 0. The average Bonchev–Trinajstić information content (AvgIpc) is 3.30. The molecule has 1 aromatic heterocycles. The molecule has 2 amide bonds. The van der Waals surface area contributed by atoms with Crippen LogP contribution in [0.4, 0.5) is 19.3 Å². The minimum Gasteiger partial charge on any atom is -0.443 e. The van der Waals surface area contributed by atoms with E-state index in [2.05, 4.69) is 24.7 Å². The van der Waals surface area contributed by atoms with E-state index in [4.69, 9.17) is 4.42 Å². The molecule has 1 saturated heterocycles. The number of carbonyl (C=O) groups is 1. The van der Waals surface area contributed by atoms with Gasteiger partial charge in [0.05, 0.1) is 0 Å². The number of aromatic nitrogens is 1. The Kier molecular flexibility index (Phi) is 4.43. The Balaban J connectivity index is 1.15. The summed E-state index contributed by atoms with van der Waals surface area (Å²) >= 11 is 0. The van der Waals surface area contributed by atoms with Gasteiger partial charge in [0.15, 0.2) is 23.5 Å². The Morgan fingerprint density at radius 2 is 1.87 bits per heavy atom. The largest absolute Gasteiger partial charge is 0.586 e. The van der Waals surface area contributed by atoms with Gasteiger partial charge in [-0.05, 0) is 29.8 Å². The van der Waals surface area contributed by atoms with Gasteiger partial charge in [0.1, 0.15) is 5.52 Å². The molecule has 8 nitrogen and oxygen atoms in total. The lowest BCUT2D eigenvalue weighted by molar-refractivity contribution is -0.286. The number of nitrogens with one attached hydrogen (secondary N) is 1. The smallest absolute Gasteiger partial charge is 0.443 e. The van der Waals surface area contributed by atoms with E-state index in [1.54, 1.807) is 35.2 Å². The number of benzene rings is 2. The van der Waals surface area contributed by atoms with Gasteiger partial charge in [-0.25, -0.2) is 9.78 Å². The number of carbonyl (C=O) groups excluding carboxylic acids is 1. The summed E-state index contributed by atoms with van der Waals surface area (Å²) in [5.41, 5.74) is 2.82. The second-order valence-electron chi connectivity index (χ2n) is 7.18. The molecule has 3 aromatic rings. The molecule has 0 saturated carbocycles. The molecule has 0 unspecified atom stereocenters. The number of fused-ring (bicyclic) bond motifs is 2. The van der Waals surface area contributed by atoms with Crippen LogP contribution in [0.25, 0.3) is 11.1 Å². The molecule has 2 aliphatic heterocycles. The molecule has 3 heterocycles. The van der Waals surface area contributed by atoms with Gasteiger partial charge < -0.3 is 24.1 Å². The number of piperazine rings is 1.